The van der Waals surface area contributed by atoms with Crippen molar-refractivity contribution in [1.82, 2.24) is 15.6 Å². The third kappa shape index (κ3) is 6.85. The molecule has 3 rings (SSSR count). The summed E-state index contributed by atoms with van der Waals surface area (Å²) in [6.07, 6.45) is 3.16. The molecular weight excluding hydrogens is 416 g/mol. The van der Waals surface area contributed by atoms with Crippen LogP contribution in [0.25, 0.3) is 0 Å². The fourth-order valence-electron chi connectivity index (χ4n) is 3.19. The highest BCUT2D eigenvalue weighted by molar-refractivity contribution is 7.91. The number of hydrogen-bond donors (Lipinski definition) is 2. The van der Waals surface area contributed by atoms with Crippen LogP contribution in [0.2, 0.25) is 0 Å². The number of nitrogens with one attached hydrogen (secondary N) is 2. The van der Waals surface area contributed by atoms with Crippen LogP contribution in [0.15, 0.2) is 47.6 Å². The highest BCUT2D eigenvalue weighted by atomic mass is 32.2. The molecule has 2 aromatic rings. The third-order valence-corrected chi connectivity index (χ3v) is 6.46. The molecule has 31 heavy (non-hydrogen) atoms. The van der Waals surface area contributed by atoms with Gasteiger partial charge in [0.1, 0.15) is 0 Å². The SMILES string of the molecule is CCCOc1ccccc1Oc1ncccc1CN=C(NCC)NC1CCS(=O)(=O)C1. The molecule has 1 unspecified atom stereocenters. The Labute approximate surface area is 184 Å². The number of para-hydroxylation sites is 2. The minimum atomic E-state index is -2.96. The highest BCUT2D eigenvalue weighted by Crippen LogP contribution is 2.32. The Hall–Kier alpha value is -2.81. The largest absolute Gasteiger partial charge is 0.490 e. The predicted molar refractivity (Wildman–Crippen MR) is 122 cm³/mol. The molecule has 1 atom stereocenters. The average molecular weight is 447 g/mol. The lowest BCUT2D eigenvalue weighted by molar-refractivity contribution is 0.300. The summed E-state index contributed by atoms with van der Waals surface area (Å²) in [6, 6.07) is 11.1. The zero-order valence-electron chi connectivity index (χ0n) is 18.0. The maximum atomic E-state index is 11.7. The summed E-state index contributed by atoms with van der Waals surface area (Å²) in [5.74, 6) is 2.64. The topological polar surface area (TPSA) is 102 Å². The van der Waals surface area contributed by atoms with Crippen molar-refractivity contribution in [2.24, 2.45) is 4.99 Å². The van der Waals surface area contributed by atoms with Crippen LogP contribution in [-0.4, -0.2) is 50.1 Å². The summed E-state index contributed by atoms with van der Waals surface area (Å²) in [4.78, 5) is 8.99. The second kappa shape index (κ2) is 11.0. The van der Waals surface area contributed by atoms with Crippen LogP contribution >= 0.6 is 0 Å². The van der Waals surface area contributed by atoms with Gasteiger partial charge in [-0.05, 0) is 38.0 Å². The van der Waals surface area contributed by atoms with E-state index in [2.05, 4.69) is 27.5 Å². The van der Waals surface area contributed by atoms with Gasteiger partial charge in [-0.1, -0.05) is 25.1 Å². The molecule has 1 aliphatic rings. The van der Waals surface area contributed by atoms with Crippen LogP contribution in [0.5, 0.6) is 17.4 Å². The summed E-state index contributed by atoms with van der Waals surface area (Å²) in [5, 5.41) is 6.39. The number of hydrogen-bond acceptors (Lipinski definition) is 6. The Balaban J connectivity index is 1.73. The van der Waals surface area contributed by atoms with E-state index in [1.54, 1.807) is 6.20 Å². The van der Waals surface area contributed by atoms with E-state index >= 15 is 0 Å². The van der Waals surface area contributed by atoms with E-state index in [0.29, 0.717) is 49.5 Å². The molecular formula is C22H30N4O4S. The van der Waals surface area contributed by atoms with E-state index < -0.39 is 9.84 Å². The van der Waals surface area contributed by atoms with Crippen molar-refractivity contribution in [3.63, 3.8) is 0 Å². The first-order chi connectivity index (χ1) is 15.0. The minimum Gasteiger partial charge on any atom is -0.490 e. The number of nitrogens with zero attached hydrogens (tertiary/aromatic N) is 2. The van der Waals surface area contributed by atoms with Gasteiger partial charge < -0.3 is 20.1 Å². The quantitative estimate of drug-likeness (QED) is 0.451. The van der Waals surface area contributed by atoms with E-state index in [1.807, 2.05) is 43.3 Å². The Morgan fingerprint density at radius 3 is 2.71 bits per heavy atom. The number of sulfone groups is 1. The number of guanidine groups is 1. The van der Waals surface area contributed by atoms with Crippen LogP contribution in [0.4, 0.5) is 0 Å². The molecule has 0 radical (unpaired) electrons. The average Bonchev–Trinajstić information content (AvgIpc) is 3.10. The molecule has 0 saturated carbocycles. The van der Waals surface area contributed by atoms with Gasteiger partial charge in [-0.15, -0.1) is 0 Å². The summed E-state index contributed by atoms with van der Waals surface area (Å²) in [7, 11) is -2.96. The standard InChI is InChI=1S/C22H30N4O4S/c1-3-13-29-19-9-5-6-10-20(19)30-21-17(8-7-12-24-21)15-25-22(23-4-2)26-18-11-14-31(27,28)16-18/h5-10,12,18H,3-4,11,13-16H2,1-2H3,(H2,23,25,26). The van der Waals surface area contributed by atoms with Gasteiger partial charge in [0, 0.05) is 24.3 Å². The van der Waals surface area contributed by atoms with Crippen molar-refractivity contribution in [1.29, 1.82) is 0 Å². The molecule has 9 heteroatoms. The van der Waals surface area contributed by atoms with E-state index in [9.17, 15) is 8.42 Å². The van der Waals surface area contributed by atoms with Crippen LogP contribution < -0.4 is 20.1 Å². The highest BCUT2D eigenvalue weighted by Gasteiger charge is 2.28. The predicted octanol–water partition coefficient (Wildman–Crippen LogP) is 2.90. The molecule has 2 N–H and O–H groups in total. The zero-order chi connectivity index (χ0) is 22.1. The second-order valence-corrected chi connectivity index (χ2v) is 9.53. The van der Waals surface area contributed by atoms with Gasteiger partial charge in [0.2, 0.25) is 5.88 Å². The van der Waals surface area contributed by atoms with Gasteiger partial charge in [0.05, 0.1) is 24.7 Å². The van der Waals surface area contributed by atoms with Crippen molar-refractivity contribution in [2.75, 3.05) is 24.7 Å². The fourth-order valence-corrected chi connectivity index (χ4v) is 4.87. The lowest BCUT2D eigenvalue weighted by atomic mass is 10.2. The van der Waals surface area contributed by atoms with Crippen molar-refractivity contribution in [3.8, 4) is 17.4 Å². The Morgan fingerprint density at radius 1 is 1.19 bits per heavy atom. The monoisotopic (exact) mass is 446 g/mol. The first kappa shape index (κ1) is 22.9. The van der Waals surface area contributed by atoms with Gasteiger partial charge in [0.15, 0.2) is 27.3 Å². The first-order valence-electron chi connectivity index (χ1n) is 10.6. The van der Waals surface area contributed by atoms with Gasteiger partial charge in [-0.25, -0.2) is 18.4 Å². The zero-order valence-corrected chi connectivity index (χ0v) is 18.8. The lowest BCUT2D eigenvalue weighted by Crippen LogP contribution is -2.44. The Kier molecular flexibility index (Phi) is 8.11. The maximum Gasteiger partial charge on any atom is 0.224 e. The summed E-state index contributed by atoms with van der Waals surface area (Å²) >= 11 is 0. The van der Waals surface area contributed by atoms with Gasteiger partial charge in [-0.3, -0.25) is 0 Å². The summed E-state index contributed by atoms with van der Waals surface area (Å²) in [6.45, 7) is 5.62. The van der Waals surface area contributed by atoms with Gasteiger partial charge in [-0.2, -0.15) is 0 Å². The van der Waals surface area contributed by atoms with Crippen molar-refractivity contribution in [2.45, 2.75) is 39.3 Å². The number of rotatable bonds is 9. The summed E-state index contributed by atoms with van der Waals surface area (Å²) in [5.41, 5.74) is 0.809. The first-order valence-corrected chi connectivity index (χ1v) is 12.4. The Morgan fingerprint density at radius 2 is 2.00 bits per heavy atom. The van der Waals surface area contributed by atoms with Crippen LogP contribution in [0.1, 0.15) is 32.3 Å². The van der Waals surface area contributed by atoms with Crippen molar-refractivity contribution in [3.05, 3.63) is 48.2 Å². The van der Waals surface area contributed by atoms with Gasteiger partial charge >= 0.3 is 0 Å². The van der Waals surface area contributed by atoms with Crippen molar-refractivity contribution >= 4 is 15.8 Å². The molecule has 0 amide bonds. The molecule has 0 spiro atoms. The van der Waals surface area contributed by atoms with E-state index in [4.69, 9.17) is 9.47 Å². The van der Waals surface area contributed by atoms with Crippen molar-refractivity contribution < 1.29 is 17.9 Å². The second-order valence-electron chi connectivity index (χ2n) is 7.30. The smallest absolute Gasteiger partial charge is 0.224 e. The Bertz CT molecular complexity index is 995. The molecule has 8 nitrogen and oxygen atoms in total. The maximum absolute atomic E-state index is 11.7. The molecule has 1 aliphatic heterocycles. The van der Waals surface area contributed by atoms with Crippen LogP contribution in [-0.2, 0) is 16.4 Å². The summed E-state index contributed by atoms with van der Waals surface area (Å²) < 4.78 is 35.3. The lowest BCUT2D eigenvalue weighted by Gasteiger charge is -2.16. The minimum absolute atomic E-state index is 0.130. The molecule has 0 bridgehead atoms. The number of pyridine rings is 1. The molecule has 2 heterocycles. The molecule has 0 aliphatic carbocycles. The number of ether oxygens (including phenoxy) is 2. The number of aliphatic imine (C=N–C) groups is 1. The van der Waals surface area contributed by atoms with E-state index in [1.165, 1.54) is 0 Å². The van der Waals surface area contributed by atoms with Crippen LogP contribution in [0, 0.1) is 0 Å². The molecule has 1 saturated heterocycles. The third-order valence-electron chi connectivity index (χ3n) is 4.69. The fraction of sp³-hybridized carbons (Fsp3) is 0.455. The normalized spacial score (nSPS) is 17.9. The molecule has 168 valence electrons. The number of benzene rings is 1. The van der Waals surface area contributed by atoms with Gasteiger partial charge in [0.25, 0.3) is 0 Å². The van der Waals surface area contributed by atoms with E-state index in [-0.39, 0.29) is 17.5 Å². The van der Waals surface area contributed by atoms with Crippen LogP contribution in [0.3, 0.4) is 0 Å². The molecule has 1 aromatic heterocycles. The molecule has 1 fully saturated rings. The van der Waals surface area contributed by atoms with E-state index in [0.717, 1.165) is 12.0 Å². The molecule has 1 aromatic carbocycles. The number of aromatic nitrogens is 1.